The summed E-state index contributed by atoms with van der Waals surface area (Å²) < 4.78 is 4.76. The van der Waals surface area contributed by atoms with Gasteiger partial charge in [0.15, 0.2) is 6.33 Å². The number of amides is 1. The van der Waals surface area contributed by atoms with Gasteiger partial charge >= 0.3 is 0 Å². The lowest BCUT2D eigenvalue weighted by Crippen LogP contribution is -2.44. The smallest absolute Gasteiger partial charge is 0.235 e. The van der Waals surface area contributed by atoms with Crippen molar-refractivity contribution in [2.24, 2.45) is 11.5 Å². The van der Waals surface area contributed by atoms with Crippen molar-refractivity contribution in [2.45, 2.75) is 12.5 Å². The Kier molecular flexibility index (Phi) is 4.02. The van der Waals surface area contributed by atoms with Gasteiger partial charge in [-0.3, -0.25) is 4.79 Å². The van der Waals surface area contributed by atoms with Gasteiger partial charge in [0, 0.05) is 19.5 Å². The van der Waals surface area contributed by atoms with Gasteiger partial charge in [-0.2, -0.15) is 4.98 Å². The van der Waals surface area contributed by atoms with Gasteiger partial charge in [0.1, 0.15) is 0 Å². The fraction of sp³-hybridized carbons (Fsp3) is 0.571. The highest BCUT2D eigenvalue weighted by Gasteiger charge is 2.07. The Hall–Kier alpha value is -1.47. The summed E-state index contributed by atoms with van der Waals surface area (Å²) in [7, 11) is 0. The van der Waals surface area contributed by atoms with Crippen molar-refractivity contribution >= 4 is 5.91 Å². The second-order valence-corrected chi connectivity index (χ2v) is 2.80. The van der Waals surface area contributed by atoms with Gasteiger partial charge in [0.2, 0.25) is 11.8 Å². The van der Waals surface area contributed by atoms with Crippen LogP contribution in [0.15, 0.2) is 10.9 Å². The van der Waals surface area contributed by atoms with Crippen molar-refractivity contribution in [1.29, 1.82) is 0 Å². The molecular weight excluding hydrogens is 186 g/mol. The average molecular weight is 199 g/mol. The number of primary amides is 1. The molecule has 1 aromatic heterocycles. The van der Waals surface area contributed by atoms with Crippen LogP contribution in [-0.4, -0.2) is 35.2 Å². The molecule has 1 amide bonds. The van der Waals surface area contributed by atoms with Gasteiger partial charge in [0.25, 0.3) is 0 Å². The third kappa shape index (κ3) is 3.50. The van der Waals surface area contributed by atoms with Crippen LogP contribution < -0.4 is 16.8 Å². The van der Waals surface area contributed by atoms with Gasteiger partial charge < -0.3 is 21.3 Å². The molecule has 0 bridgehead atoms. The first kappa shape index (κ1) is 10.6. The monoisotopic (exact) mass is 199 g/mol. The standard InChI is InChI=1S/C7H13N5O2/c8-5(7(9)13)3-10-2-1-6-11-4-12-14-6/h4-5,10H,1-3,8H2,(H2,9,13). The molecule has 1 heterocycles. The van der Waals surface area contributed by atoms with E-state index in [0.717, 1.165) is 0 Å². The Morgan fingerprint density at radius 2 is 2.50 bits per heavy atom. The molecule has 7 heteroatoms. The predicted octanol–water partition coefficient (Wildman–Crippen LogP) is -1.99. The second kappa shape index (κ2) is 5.30. The molecule has 14 heavy (non-hydrogen) atoms. The lowest BCUT2D eigenvalue weighted by atomic mass is 10.3. The molecule has 1 aromatic rings. The first-order chi connectivity index (χ1) is 6.70. The zero-order valence-electron chi connectivity index (χ0n) is 7.64. The fourth-order valence-electron chi connectivity index (χ4n) is 0.860. The van der Waals surface area contributed by atoms with Crippen LogP contribution in [0.2, 0.25) is 0 Å². The molecule has 0 aliphatic heterocycles. The van der Waals surface area contributed by atoms with Gasteiger partial charge in [-0.15, -0.1) is 0 Å². The molecular formula is C7H13N5O2. The fourth-order valence-corrected chi connectivity index (χ4v) is 0.860. The number of aromatic nitrogens is 2. The van der Waals surface area contributed by atoms with Crippen LogP contribution in [-0.2, 0) is 11.2 Å². The van der Waals surface area contributed by atoms with Crippen LogP contribution in [0.4, 0.5) is 0 Å². The Morgan fingerprint density at radius 3 is 3.07 bits per heavy atom. The molecule has 7 nitrogen and oxygen atoms in total. The van der Waals surface area contributed by atoms with Gasteiger partial charge in [-0.25, -0.2) is 0 Å². The number of nitrogens with zero attached hydrogens (tertiary/aromatic N) is 2. The molecule has 1 atom stereocenters. The summed E-state index contributed by atoms with van der Waals surface area (Å²) in [5, 5.41) is 6.40. The molecule has 0 saturated heterocycles. The lowest BCUT2D eigenvalue weighted by Gasteiger charge is -2.07. The van der Waals surface area contributed by atoms with E-state index in [9.17, 15) is 4.79 Å². The molecule has 78 valence electrons. The normalized spacial score (nSPS) is 12.6. The molecule has 5 N–H and O–H groups in total. The highest BCUT2D eigenvalue weighted by atomic mass is 16.5. The Balaban J connectivity index is 2.08. The van der Waals surface area contributed by atoms with E-state index in [1.165, 1.54) is 6.33 Å². The predicted molar refractivity (Wildman–Crippen MR) is 48.0 cm³/mol. The average Bonchev–Trinajstić information content (AvgIpc) is 2.64. The summed E-state index contributed by atoms with van der Waals surface area (Å²) >= 11 is 0. The summed E-state index contributed by atoms with van der Waals surface area (Å²) in [5.74, 6) is 0.0282. The van der Waals surface area contributed by atoms with Crippen LogP contribution in [0.25, 0.3) is 0 Å². The van der Waals surface area contributed by atoms with Gasteiger partial charge in [-0.05, 0) is 0 Å². The van der Waals surface area contributed by atoms with Crippen LogP contribution in [0.1, 0.15) is 5.89 Å². The van der Waals surface area contributed by atoms with Crippen molar-refractivity contribution < 1.29 is 9.32 Å². The topological polar surface area (TPSA) is 120 Å². The van der Waals surface area contributed by atoms with Crippen molar-refractivity contribution in [1.82, 2.24) is 15.5 Å². The third-order valence-electron chi connectivity index (χ3n) is 1.65. The molecule has 0 aliphatic carbocycles. The SMILES string of the molecule is NC(=O)C(N)CNCCc1ncno1. The minimum absolute atomic E-state index is 0.351. The van der Waals surface area contributed by atoms with Crippen molar-refractivity contribution in [3.05, 3.63) is 12.2 Å². The minimum Gasteiger partial charge on any atom is -0.368 e. The summed E-state index contributed by atoms with van der Waals surface area (Å²) in [6, 6.07) is -0.655. The number of nitrogens with two attached hydrogens (primary N) is 2. The van der Waals surface area contributed by atoms with Crippen molar-refractivity contribution in [3.8, 4) is 0 Å². The number of rotatable bonds is 6. The van der Waals surface area contributed by atoms with Crippen LogP contribution in [0.3, 0.4) is 0 Å². The number of carbonyl (C=O) groups is 1. The van der Waals surface area contributed by atoms with E-state index >= 15 is 0 Å². The van der Waals surface area contributed by atoms with Gasteiger partial charge in [-0.1, -0.05) is 5.16 Å². The molecule has 0 aliphatic rings. The van der Waals surface area contributed by atoms with E-state index < -0.39 is 11.9 Å². The van der Waals surface area contributed by atoms with E-state index in [0.29, 0.717) is 25.4 Å². The Bertz CT molecular complexity index is 274. The molecule has 0 spiro atoms. The highest BCUT2D eigenvalue weighted by Crippen LogP contribution is 1.90. The first-order valence-corrected chi connectivity index (χ1v) is 4.21. The van der Waals surface area contributed by atoms with E-state index in [2.05, 4.69) is 15.5 Å². The van der Waals surface area contributed by atoms with E-state index in [1.54, 1.807) is 0 Å². The largest absolute Gasteiger partial charge is 0.368 e. The number of nitrogens with one attached hydrogen (secondary N) is 1. The van der Waals surface area contributed by atoms with Crippen molar-refractivity contribution in [3.63, 3.8) is 0 Å². The quantitative estimate of drug-likeness (QED) is 0.456. The second-order valence-electron chi connectivity index (χ2n) is 2.80. The molecule has 0 saturated carbocycles. The molecule has 0 fully saturated rings. The summed E-state index contributed by atoms with van der Waals surface area (Å²) in [6.45, 7) is 0.965. The Labute approximate surface area is 80.8 Å². The minimum atomic E-state index is -0.655. The van der Waals surface area contributed by atoms with Crippen LogP contribution >= 0.6 is 0 Å². The van der Waals surface area contributed by atoms with Crippen molar-refractivity contribution in [2.75, 3.05) is 13.1 Å². The number of carbonyl (C=O) groups excluding carboxylic acids is 1. The first-order valence-electron chi connectivity index (χ1n) is 4.21. The molecule has 1 rings (SSSR count). The molecule has 1 unspecified atom stereocenters. The maximum absolute atomic E-state index is 10.5. The van der Waals surface area contributed by atoms with E-state index in [4.69, 9.17) is 16.0 Å². The van der Waals surface area contributed by atoms with Crippen LogP contribution in [0.5, 0.6) is 0 Å². The van der Waals surface area contributed by atoms with Gasteiger partial charge in [0.05, 0.1) is 6.04 Å². The Morgan fingerprint density at radius 1 is 1.71 bits per heavy atom. The zero-order valence-corrected chi connectivity index (χ0v) is 7.64. The van der Waals surface area contributed by atoms with E-state index in [-0.39, 0.29) is 0 Å². The molecule has 0 radical (unpaired) electrons. The summed E-state index contributed by atoms with van der Waals surface area (Å²) in [4.78, 5) is 14.4. The van der Waals surface area contributed by atoms with E-state index in [1.807, 2.05) is 0 Å². The maximum Gasteiger partial charge on any atom is 0.235 e. The maximum atomic E-state index is 10.5. The lowest BCUT2D eigenvalue weighted by molar-refractivity contribution is -0.119. The zero-order chi connectivity index (χ0) is 10.4. The molecule has 0 aromatic carbocycles. The number of hydrogen-bond acceptors (Lipinski definition) is 6. The third-order valence-corrected chi connectivity index (χ3v) is 1.65. The summed E-state index contributed by atoms with van der Waals surface area (Å²) in [6.07, 6.45) is 1.94. The van der Waals surface area contributed by atoms with Crippen LogP contribution in [0, 0.1) is 0 Å². The number of hydrogen-bond donors (Lipinski definition) is 3. The summed E-state index contributed by atoms with van der Waals surface area (Å²) in [5.41, 5.74) is 10.4. The highest BCUT2D eigenvalue weighted by molar-refractivity contribution is 5.79.